The van der Waals surface area contributed by atoms with E-state index in [0.717, 1.165) is 31.5 Å². The number of nitrogens with one attached hydrogen (secondary N) is 2. The highest BCUT2D eigenvalue weighted by Crippen LogP contribution is 2.39. The average molecular weight is 712 g/mol. The van der Waals surface area contributed by atoms with Gasteiger partial charge in [-0.1, -0.05) is 0 Å². The third-order valence-corrected chi connectivity index (χ3v) is 9.05. The maximum absolute atomic E-state index is 16.4. The molecule has 1 aliphatic rings. The number of carbonyl (C=O) groups is 1. The number of anilines is 2. The molecule has 13 nitrogen and oxygen atoms in total. The molecule has 0 aliphatic carbocycles. The van der Waals surface area contributed by atoms with Crippen LogP contribution in [-0.4, -0.2) is 69.9 Å². The van der Waals surface area contributed by atoms with Crippen molar-refractivity contribution in [2.75, 3.05) is 39.9 Å². The quantitative estimate of drug-likeness (QED) is 0.166. The lowest BCUT2D eigenvalue weighted by Crippen LogP contribution is -2.35. The van der Waals surface area contributed by atoms with E-state index in [4.69, 9.17) is 23.7 Å². The number of sulfonamides is 1. The monoisotopic (exact) mass is 711 g/mol. The highest BCUT2D eigenvalue weighted by Gasteiger charge is 2.29. The Bertz CT molecular complexity index is 2200. The maximum atomic E-state index is 16.4. The fourth-order valence-corrected chi connectivity index (χ4v) is 6.65. The molecule has 0 amide bonds. The first-order valence-electron chi connectivity index (χ1n) is 14.8. The van der Waals surface area contributed by atoms with Crippen LogP contribution in [0.25, 0.3) is 22.0 Å². The molecular formula is C33H28F3N5O8S. The Morgan fingerprint density at radius 1 is 0.920 bits per heavy atom. The molecule has 1 unspecified atom stereocenters. The molecule has 3 heterocycles. The lowest BCUT2D eigenvalue weighted by atomic mass is 10.0. The van der Waals surface area contributed by atoms with Gasteiger partial charge < -0.3 is 29.0 Å². The summed E-state index contributed by atoms with van der Waals surface area (Å²) >= 11 is 0. The molecule has 0 radical (unpaired) electrons. The molecule has 0 bridgehead atoms. The van der Waals surface area contributed by atoms with Crippen LogP contribution in [0.2, 0.25) is 0 Å². The smallest absolute Gasteiger partial charge is 0.338 e. The van der Waals surface area contributed by atoms with E-state index in [1.807, 2.05) is 0 Å². The van der Waals surface area contributed by atoms with Crippen molar-refractivity contribution in [3.05, 3.63) is 83.9 Å². The van der Waals surface area contributed by atoms with Gasteiger partial charge in [0.15, 0.2) is 0 Å². The first kappa shape index (κ1) is 34.3. The topological polar surface area (TPSA) is 160 Å². The molecule has 2 N–H and O–H groups in total. The number of fused-ring (bicyclic) bond motifs is 1. The molecule has 1 aliphatic heterocycles. The van der Waals surface area contributed by atoms with Gasteiger partial charge in [-0.05, 0) is 36.2 Å². The molecule has 2 aromatic heterocycles. The van der Waals surface area contributed by atoms with Crippen molar-refractivity contribution in [1.29, 1.82) is 0 Å². The van der Waals surface area contributed by atoms with Crippen molar-refractivity contribution in [3.8, 4) is 34.5 Å². The number of esters is 1. The summed E-state index contributed by atoms with van der Waals surface area (Å²) in [6.07, 6.45) is 2.85. The molecule has 17 heteroatoms. The molecule has 5 aromatic rings. The Labute approximate surface area is 283 Å². The number of hydrogen-bond donors (Lipinski definition) is 2. The van der Waals surface area contributed by atoms with Crippen LogP contribution in [0.3, 0.4) is 0 Å². The van der Waals surface area contributed by atoms with Gasteiger partial charge >= 0.3 is 12.0 Å². The minimum atomic E-state index is -4.36. The summed E-state index contributed by atoms with van der Waals surface area (Å²) in [6, 6.07) is 8.48. The summed E-state index contributed by atoms with van der Waals surface area (Å²) in [5.74, 6) is -3.75. The Morgan fingerprint density at radius 3 is 2.36 bits per heavy atom. The third-order valence-electron chi connectivity index (χ3n) is 7.52. The van der Waals surface area contributed by atoms with Crippen LogP contribution < -0.4 is 24.2 Å². The minimum absolute atomic E-state index is 0.0200. The predicted molar refractivity (Wildman–Crippen MR) is 173 cm³/mol. The highest BCUT2D eigenvalue weighted by atomic mass is 32.2. The number of ether oxygens (including phenoxy) is 5. The number of nitrogens with zero attached hydrogens (tertiary/aromatic N) is 3. The van der Waals surface area contributed by atoms with Crippen molar-refractivity contribution in [1.82, 2.24) is 19.7 Å². The summed E-state index contributed by atoms with van der Waals surface area (Å²) in [5, 5.41) is 2.69. The Morgan fingerprint density at radius 2 is 1.68 bits per heavy atom. The molecule has 50 heavy (non-hydrogen) atoms. The second kappa shape index (κ2) is 14.1. The Balaban J connectivity index is 1.51. The maximum Gasteiger partial charge on any atom is 0.338 e. The predicted octanol–water partition coefficient (Wildman–Crippen LogP) is 5.52. The molecule has 1 fully saturated rings. The fraction of sp³-hybridized carbons (Fsp3) is 0.212. The SMILES string of the molecule is COC(=O)c1cc(Nc2c(S(=O)(=O)NC3CCOC3)cnc3cc(-c4cnc(OC)nc4OC)cc(F)c23)cc(Oc2cc(F)cc(F)c2)c1. The third kappa shape index (κ3) is 7.24. The summed E-state index contributed by atoms with van der Waals surface area (Å²) < 4.78 is 101. The molecule has 3 aromatic carbocycles. The largest absolute Gasteiger partial charge is 0.480 e. The summed E-state index contributed by atoms with van der Waals surface area (Å²) in [4.78, 5) is 24.7. The Kier molecular flexibility index (Phi) is 9.72. The first-order valence-corrected chi connectivity index (χ1v) is 16.3. The van der Waals surface area contributed by atoms with E-state index >= 15 is 4.39 Å². The number of hydrogen-bond acceptors (Lipinski definition) is 12. The van der Waals surface area contributed by atoms with Crippen LogP contribution in [0.5, 0.6) is 23.4 Å². The van der Waals surface area contributed by atoms with Crippen LogP contribution in [0.15, 0.2) is 65.8 Å². The second-order valence-electron chi connectivity index (χ2n) is 10.9. The number of carbonyl (C=O) groups excluding carboxylic acids is 1. The number of methoxy groups -OCH3 is 3. The van der Waals surface area contributed by atoms with E-state index in [1.54, 1.807) is 0 Å². The number of rotatable bonds is 11. The molecular weight excluding hydrogens is 683 g/mol. The lowest BCUT2D eigenvalue weighted by Gasteiger charge is -2.19. The first-order chi connectivity index (χ1) is 24.0. The zero-order valence-electron chi connectivity index (χ0n) is 26.6. The van der Waals surface area contributed by atoms with Gasteiger partial charge in [-0.3, -0.25) is 4.98 Å². The van der Waals surface area contributed by atoms with E-state index in [9.17, 15) is 22.0 Å². The average Bonchev–Trinajstić information content (AvgIpc) is 3.59. The summed E-state index contributed by atoms with van der Waals surface area (Å²) in [6.45, 7) is 0.484. The molecule has 6 rings (SSSR count). The van der Waals surface area contributed by atoms with E-state index < -0.39 is 44.4 Å². The fourth-order valence-electron chi connectivity index (χ4n) is 5.29. The van der Waals surface area contributed by atoms with Gasteiger partial charge in [0.25, 0.3) is 0 Å². The number of pyridine rings is 1. The van der Waals surface area contributed by atoms with Crippen molar-refractivity contribution in [2.45, 2.75) is 17.4 Å². The van der Waals surface area contributed by atoms with Crippen LogP contribution in [0, 0.1) is 17.5 Å². The highest BCUT2D eigenvalue weighted by molar-refractivity contribution is 7.89. The zero-order valence-corrected chi connectivity index (χ0v) is 27.4. The number of aromatic nitrogens is 3. The molecule has 260 valence electrons. The van der Waals surface area contributed by atoms with Gasteiger partial charge in [0.1, 0.15) is 33.8 Å². The lowest BCUT2D eigenvalue weighted by molar-refractivity contribution is 0.0600. The molecule has 1 saturated heterocycles. The van der Waals surface area contributed by atoms with Gasteiger partial charge in [0.05, 0.1) is 55.7 Å². The van der Waals surface area contributed by atoms with Gasteiger partial charge in [0.2, 0.25) is 15.9 Å². The summed E-state index contributed by atoms with van der Waals surface area (Å²) in [7, 11) is -0.482. The van der Waals surface area contributed by atoms with Crippen molar-refractivity contribution in [3.63, 3.8) is 0 Å². The van der Waals surface area contributed by atoms with E-state index in [1.165, 1.54) is 44.7 Å². The zero-order chi connectivity index (χ0) is 35.6. The van der Waals surface area contributed by atoms with E-state index in [-0.39, 0.29) is 63.4 Å². The number of benzene rings is 3. The molecule has 0 spiro atoms. The second-order valence-corrected chi connectivity index (χ2v) is 12.6. The van der Waals surface area contributed by atoms with Crippen molar-refractivity contribution in [2.24, 2.45) is 0 Å². The van der Waals surface area contributed by atoms with Crippen LogP contribution in [0.4, 0.5) is 24.5 Å². The normalized spacial score (nSPS) is 14.4. The van der Waals surface area contributed by atoms with E-state index in [0.29, 0.717) is 24.7 Å². The van der Waals surface area contributed by atoms with Crippen molar-refractivity contribution < 1.29 is 50.1 Å². The van der Waals surface area contributed by atoms with Gasteiger partial charge in [-0.2, -0.15) is 4.98 Å². The summed E-state index contributed by atoms with van der Waals surface area (Å²) in [5.41, 5.74) is 0.290. The Hall–Kier alpha value is -5.52. The molecule has 1 atom stereocenters. The van der Waals surface area contributed by atoms with Crippen molar-refractivity contribution >= 4 is 38.3 Å². The van der Waals surface area contributed by atoms with Crippen LogP contribution in [0.1, 0.15) is 16.8 Å². The number of halogens is 3. The standard InChI is InChI=1S/C33H28F3N5O8S/c1-45-31-25(14-38-33(40-31)47-3)17-8-26(36)29-27(9-17)37-15-28(50(43,44)41-21-4-5-48-16-21)30(29)39-22-6-18(32(42)46-2)7-23(13-22)49-24-11-19(34)10-20(35)12-24/h6-15,21,41H,4-5,16H2,1-3H3,(H,37,39). The van der Waals surface area contributed by atoms with Gasteiger partial charge in [-0.25, -0.2) is 36.1 Å². The van der Waals surface area contributed by atoms with Crippen LogP contribution >= 0.6 is 0 Å². The van der Waals surface area contributed by atoms with E-state index in [2.05, 4.69) is 25.0 Å². The minimum Gasteiger partial charge on any atom is -0.480 e. The molecule has 0 saturated carbocycles. The van der Waals surface area contributed by atoms with Crippen LogP contribution in [-0.2, 0) is 19.5 Å². The van der Waals surface area contributed by atoms with Gasteiger partial charge in [-0.15, -0.1) is 0 Å². The van der Waals surface area contributed by atoms with Gasteiger partial charge in [0, 0.05) is 55.0 Å².